The number of aromatic nitrogens is 2. The fraction of sp³-hybridized carbons (Fsp3) is 0.333. The molecule has 0 saturated heterocycles. The summed E-state index contributed by atoms with van der Waals surface area (Å²) in [7, 11) is 0. The summed E-state index contributed by atoms with van der Waals surface area (Å²) in [5.41, 5.74) is -0.694. The predicted octanol–water partition coefficient (Wildman–Crippen LogP) is 4.96. The van der Waals surface area contributed by atoms with Gasteiger partial charge in [-0.05, 0) is 30.2 Å². The number of anilines is 3. The van der Waals surface area contributed by atoms with E-state index in [1.165, 1.54) is 12.3 Å². The number of rotatable bonds is 5. The van der Waals surface area contributed by atoms with Crippen molar-refractivity contribution >= 4 is 29.1 Å². The van der Waals surface area contributed by atoms with Gasteiger partial charge in [0.15, 0.2) is 0 Å². The highest BCUT2D eigenvalue weighted by Crippen LogP contribution is 2.34. The molecule has 23 heavy (non-hydrogen) atoms. The van der Waals surface area contributed by atoms with Crippen molar-refractivity contribution < 1.29 is 13.2 Å². The maximum absolute atomic E-state index is 12.8. The van der Waals surface area contributed by atoms with Crippen LogP contribution in [-0.4, -0.2) is 16.5 Å². The second-order valence-corrected chi connectivity index (χ2v) is 5.76. The molecule has 0 bridgehead atoms. The van der Waals surface area contributed by atoms with Crippen molar-refractivity contribution in [1.82, 2.24) is 9.97 Å². The minimum Gasteiger partial charge on any atom is -0.370 e. The number of halogens is 4. The molecule has 0 amide bonds. The highest BCUT2D eigenvalue weighted by Gasteiger charge is 2.31. The Hall–Kier alpha value is -2.02. The van der Waals surface area contributed by atoms with Crippen LogP contribution in [0.25, 0.3) is 0 Å². The third-order valence-electron chi connectivity index (χ3n) is 2.89. The van der Waals surface area contributed by atoms with E-state index in [-0.39, 0.29) is 16.7 Å². The summed E-state index contributed by atoms with van der Waals surface area (Å²) in [4.78, 5) is 8.19. The van der Waals surface area contributed by atoms with Gasteiger partial charge < -0.3 is 10.6 Å². The fourth-order valence-electron chi connectivity index (χ4n) is 1.74. The minimum atomic E-state index is -4.44. The lowest BCUT2D eigenvalue weighted by molar-refractivity contribution is -0.137. The molecule has 8 heteroatoms. The molecule has 0 aliphatic rings. The summed E-state index contributed by atoms with van der Waals surface area (Å²) in [6.07, 6.45) is -2.93. The second-order valence-electron chi connectivity index (χ2n) is 5.36. The first kappa shape index (κ1) is 17.3. The van der Waals surface area contributed by atoms with E-state index in [0.717, 1.165) is 18.7 Å². The fourth-order valence-corrected chi connectivity index (χ4v) is 1.91. The quantitative estimate of drug-likeness (QED) is 0.804. The molecule has 0 atom stereocenters. The molecule has 0 aliphatic heterocycles. The Morgan fingerprint density at radius 3 is 2.61 bits per heavy atom. The lowest BCUT2D eigenvalue weighted by atomic mass is 10.2. The van der Waals surface area contributed by atoms with E-state index in [0.29, 0.717) is 11.7 Å². The van der Waals surface area contributed by atoms with E-state index in [1.807, 2.05) is 0 Å². The molecular weight excluding hydrogens is 329 g/mol. The van der Waals surface area contributed by atoms with Crippen LogP contribution in [0.2, 0.25) is 5.02 Å². The van der Waals surface area contributed by atoms with E-state index in [9.17, 15) is 13.2 Å². The lowest BCUT2D eigenvalue weighted by Crippen LogP contribution is -2.10. The summed E-state index contributed by atoms with van der Waals surface area (Å²) in [6, 6.07) is 4.73. The molecule has 0 unspecified atom stereocenters. The Kier molecular flexibility index (Phi) is 5.30. The van der Waals surface area contributed by atoms with Gasteiger partial charge in [0, 0.05) is 12.7 Å². The van der Waals surface area contributed by atoms with Gasteiger partial charge in [-0.3, -0.25) is 0 Å². The first-order chi connectivity index (χ1) is 10.8. The van der Waals surface area contributed by atoms with Crippen LogP contribution in [0.5, 0.6) is 0 Å². The van der Waals surface area contributed by atoms with E-state index in [1.54, 1.807) is 6.07 Å². The number of benzene rings is 1. The van der Waals surface area contributed by atoms with Crippen molar-refractivity contribution in [1.29, 1.82) is 0 Å². The number of hydrogen-bond donors (Lipinski definition) is 2. The zero-order valence-electron chi connectivity index (χ0n) is 12.6. The first-order valence-electron chi connectivity index (χ1n) is 6.96. The third-order valence-corrected chi connectivity index (χ3v) is 3.22. The summed E-state index contributed by atoms with van der Waals surface area (Å²) in [6.45, 7) is 4.83. The summed E-state index contributed by atoms with van der Waals surface area (Å²) in [5.74, 6) is 1.18. The van der Waals surface area contributed by atoms with Gasteiger partial charge in [-0.1, -0.05) is 25.4 Å². The molecule has 0 fully saturated rings. The molecule has 0 spiro atoms. The van der Waals surface area contributed by atoms with Crippen LogP contribution < -0.4 is 10.6 Å². The SMILES string of the molecule is CC(C)CNc1ccnc(Nc2cc(C(F)(F)F)ccc2Cl)n1. The smallest absolute Gasteiger partial charge is 0.370 e. The standard InChI is InChI=1S/C15H16ClF3N4/c1-9(2)8-21-13-5-6-20-14(23-13)22-12-7-10(15(17,18)19)3-4-11(12)16/h3-7,9H,8H2,1-2H3,(H2,20,21,22,23). The maximum atomic E-state index is 12.8. The Labute approximate surface area is 137 Å². The number of alkyl halides is 3. The Morgan fingerprint density at radius 2 is 1.96 bits per heavy atom. The van der Waals surface area contributed by atoms with Crippen molar-refractivity contribution in [3.8, 4) is 0 Å². The molecule has 2 rings (SSSR count). The van der Waals surface area contributed by atoms with Gasteiger partial charge in [-0.15, -0.1) is 0 Å². The number of nitrogens with zero attached hydrogens (tertiary/aromatic N) is 2. The topological polar surface area (TPSA) is 49.8 Å². The normalized spacial score (nSPS) is 11.6. The molecule has 2 aromatic rings. The zero-order valence-corrected chi connectivity index (χ0v) is 13.3. The molecule has 0 saturated carbocycles. The summed E-state index contributed by atoms with van der Waals surface area (Å²) in [5, 5.41) is 5.99. The summed E-state index contributed by atoms with van der Waals surface area (Å²) < 4.78 is 38.3. The molecule has 2 N–H and O–H groups in total. The Bertz CT molecular complexity index is 674. The van der Waals surface area contributed by atoms with Crippen LogP contribution in [-0.2, 0) is 6.18 Å². The van der Waals surface area contributed by atoms with Gasteiger partial charge in [-0.25, -0.2) is 4.98 Å². The van der Waals surface area contributed by atoms with Crippen molar-refractivity contribution in [2.75, 3.05) is 17.2 Å². The van der Waals surface area contributed by atoms with E-state index >= 15 is 0 Å². The van der Waals surface area contributed by atoms with Gasteiger partial charge in [0.2, 0.25) is 5.95 Å². The Balaban J connectivity index is 2.20. The van der Waals surface area contributed by atoms with Gasteiger partial charge >= 0.3 is 6.18 Å². The minimum absolute atomic E-state index is 0.0995. The highest BCUT2D eigenvalue weighted by atomic mass is 35.5. The average molecular weight is 345 g/mol. The van der Waals surface area contributed by atoms with Crippen molar-refractivity contribution in [2.24, 2.45) is 5.92 Å². The Morgan fingerprint density at radius 1 is 1.22 bits per heavy atom. The highest BCUT2D eigenvalue weighted by molar-refractivity contribution is 6.33. The van der Waals surface area contributed by atoms with Crippen molar-refractivity contribution in [2.45, 2.75) is 20.0 Å². The van der Waals surface area contributed by atoms with Crippen LogP contribution in [0, 0.1) is 5.92 Å². The van der Waals surface area contributed by atoms with Crippen molar-refractivity contribution in [3.63, 3.8) is 0 Å². The van der Waals surface area contributed by atoms with Crippen LogP contribution in [0.4, 0.5) is 30.6 Å². The second kappa shape index (κ2) is 7.04. The number of nitrogens with one attached hydrogen (secondary N) is 2. The monoisotopic (exact) mass is 344 g/mol. The first-order valence-corrected chi connectivity index (χ1v) is 7.34. The van der Waals surface area contributed by atoms with E-state index in [2.05, 4.69) is 34.4 Å². The van der Waals surface area contributed by atoms with Crippen LogP contribution in [0.3, 0.4) is 0 Å². The molecule has 0 radical (unpaired) electrons. The van der Waals surface area contributed by atoms with E-state index in [4.69, 9.17) is 11.6 Å². The van der Waals surface area contributed by atoms with Gasteiger partial charge in [-0.2, -0.15) is 18.2 Å². The molecule has 1 aromatic carbocycles. The lowest BCUT2D eigenvalue weighted by Gasteiger charge is -2.12. The largest absolute Gasteiger partial charge is 0.416 e. The predicted molar refractivity (Wildman–Crippen MR) is 85.1 cm³/mol. The van der Waals surface area contributed by atoms with Crippen LogP contribution >= 0.6 is 11.6 Å². The average Bonchev–Trinajstić information content (AvgIpc) is 2.47. The van der Waals surface area contributed by atoms with Crippen LogP contribution in [0.15, 0.2) is 30.5 Å². The van der Waals surface area contributed by atoms with Crippen molar-refractivity contribution in [3.05, 3.63) is 41.0 Å². The van der Waals surface area contributed by atoms with E-state index < -0.39 is 11.7 Å². The maximum Gasteiger partial charge on any atom is 0.416 e. The molecule has 0 aliphatic carbocycles. The van der Waals surface area contributed by atoms with Crippen LogP contribution in [0.1, 0.15) is 19.4 Å². The molecule has 124 valence electrons. The zero-order chi connectivity index (χ0) is 17.0. The van der Waals surface area contributed by atoms with Gasteiger partial charge in [0.05, 0.1) is 16.3 Å². The third kappa shape index (κ3) is 4.99. The molecular formula is C15H16ClF3N4. The van der Waals surface area contributed by atoms with Gasteiger partial charge in [0.25, 0.3) is 0 Å². The molecule has 1 heterocycles. The number of hydrogen-bond acceptors (Lipinski definition) is 4. The van der Waals surface area contributed by atoms with Gasteiger partial charge in [0.1, 0.15) is 5.82 Å². The molecule has 1 aromatic heterocycles. The summed E-state index contributed by atoms with van der Waals surface area (Å²) >= 11 is 5.94. The molecule has 4 nitrogen and oxygen atoms in total.